The fourth-order valence-electron chi connectivity index (χ4n) is 2.78. The molecule has 0 saturated carbocycles. The molecule has 2 saturated heterocycles. The van der Waals surface area contributed by atoms with Crippen LogP contribution in [0.25, 0.3) is 0 Å². The molecule has 2 rings (SSSR count). The summed E-state index contributed by atoms with van der Waals surface area (Å²) in [6, 6.07) is 0. The SMILES string of the molecule is CN1CCC2(CC1)NCCC2CO. The summed E-state index contributed by atoms with van der Waals surface area (Å²) >= 11 is 0. The minimum absolute atomic E-state index is 0.279. The number of piperidine rings is 1. The molecule has 3 nitrogen and oxygen atoms in total. The molecular weight excluding hydrogens is 164 g/mol. The lowest BCUT2D eigenvalue weighted by Gasteiger charge is -2.41. The Morgan fingerprint density at radius 3 is 2.77 bits per heavy atom. The van der Waals surface area contributed by atoms with E-state index in [-0.39, 0.29) is 5.54 Å². The van der Waals surface area contributed by atoms with Crippen LogP contribution in [0.5, 0.6) is 0 Å². The Labute approximate surface area is 80.1 Å². The summed E-state index contributed by atoms with van der Waals surface area (Å²) in [4.78, 5) is 2.37. The largest absolute Gasteiger partial charge is 0.396 e. The third-order valence-corrected chi connectivity index (χ3v) is 3.85. The number of likely N-dealkylation sites (tertiary alicyclic amines) is 1. The van der Waals surface area contributed by atoms with Crippen LogP contribution in [0.3, 0.4) is 0 Å². The van der Waals surface area contributed by atoms with Gasteiger partial charge in [-0.05, 0) is 45.9 Å². The lowest BCUT2D eigenvalue weighted by Crippen LogP contribution is -2.53. The van der Waals surface area contributed by atoms with Gasteiger partial charge in [-0.15, -0.1) is 0 Å². The van der Waals surface area contributed by atoms with Crippen molar-refractivity contribution in [3.05, 3.63) is 0 Å². The molecule has 76 valence electrons. The summed E-state index contributed by atoms with van der Waals surface area (Å²) in [5.41, 5.74) is 0.279. The highest BCUT2D eigenvalue weighted by atomic mass is 16.3. The first kappa shape index (κ1) is 9.44. The smallest absolute Gasteiger partial charge is 0.0477 e. The van der Waals surface area contributed by atoms with Crippen molar-refractivity contribution in [2.45, 2.75) is 24.8 Å². The van der Waals surface area contributed by atoms with E-state index in [0.29, 0.717) is 12.5 Å². The van der Waals surface area contributed by atoms with E-state index in [1.165, 1.54) is 25.9 Å². The lowest BCUT2D eigenvalue weighted by atomic mass is 9.78. The molecule has 0 aromatic carbocycles. The minimum Gasteiger partial charge on any atom is -0.396 e. The number of nitrogens with one attached hydrogen (secondary N) is 1. The topological polar surface area (TPSA) is 35.5 Å². The average molecular weight is 184 g/mol. The Bertz CT molecular complexity index is 176. The Hall–Kier alpha value is -0.120. The maximum absolute atomic E-state index is 9.30. The summed E-state index contributed by atoms with van der Waals surface area (Å²) in [7, 11) is 2.18. The van der Waals surface area contributed by atoms with Crippen LogP contribution in [0.2, 0.25) is 0 Å². The van der Waals surface area contributed by atoms with Crippen molar-refractivity contribution in [2.75, 3.05) is 33.3 Å². The summed E-state index contributed by atoms with van der Waals surface area (Å²) in [6.45, 7) is 3.79. The predicted octanol–water partition coefficient (Wildman–Crippen LogP) is 0.0526. The molecule has 2 heterocycles. The van der Waals surface area contributed by atoms with Gasteiger partial charge in [0.2, 0.25) is 0 Å². The normalized spacial score (nSPS) is 34.2. The van der Waals surface area contributed by atoms with E-state index in [1.807, 2.05) is 0 Å². The number of nitrogens with zero attached hydrogens (tertiary/aromatic N) is 1. The van der Waals surface area contributed by atoms with Crippen LogP contribution in [0.15, 0.2) is 0 Å². The van der Waals surface area contributed by atoms with E-state index in [9.17, 15) is 5.11 Å². The monoisotopic (exact) mass is 184 g/mol. The molecule has 1 unspecified atom stereocenters. The van der Waals surface area contributed by atoms with Gasteiger partial charge in [0.1, 0.15) is 0 Å². The highest BCUT2D eigenvalue weighted by Crippen LogP contribution is 2.35. The molecule has 2 fully saturated rings. The average Bonchev–Trinajstić information content (AvgIpc) is 2.54. The van der Waals surface area contributed by atoms with Crippen LogP contribution in [-0.2, 0) is 0 Å². The predicted molar refractivity (Wildman–Crippen MR) is 52.7 cm³/mol. The third kappa shape index (κ3) is 1.60. The second kappa shape index (κ2) is 3.56. The van der Waals surface area contributed by atoms with Gasteiger partial charge in [-0.25, -0.2) is 0 Å². The second-order valence-corrected chi connectivity index (χ2v) is 4.55. The molecule has 0 aromatic heterocycles. The minimum atomic E-state index is 0.279. The molecule has 0 amide bonds. The molecule has 2 aliphatic rings. The highest BCUT2D eigenvalue weighted by Gasteiger charge is 2.43. The molecule has 1 atom stereocenters. The molecule has 1 spiro atoms. The van der Waals surface area contributed by atoms with Gasteiger partial charge in [0.05, 0.1) is 0 Å². The Balaban J connectivity index is 2.02. The van der Waals surface area contributed by atoms with E-state index in [2.05, 4.69) is 17.3 Å². The molecule has 3 heteroatoms. The summed E-state index contributed by atoms with van der Waals surface area (Å²) in [5, 5.41) is 12.9. The maximum atomic E-state index is 9.30. The van der Waals surface area contributed by atoms with E-state index in [0.717, 1.165) is 13.0 Å². The molecule has 0 aliphatic carbocycles. The quantitative estimate of drug-likeness (QED) is 0.604. The first-order valence-corrected chi connectivity index (χ1v) is 5.31. The van der Waals surface area contributed by atoms with Crippen molar-refractivity contribution >= 4 is 0 Å². The standard InChI is InChI=1S/C10H20N2O/c1-12-6-3-10(4-7-12)9(8-13)2-5-11-10/h9,11,13H,2-8H2,1H3. The van der Waals surface area contributed by atoms with Crippen molar-refractivity contribution in [1.29, 1.82) is 0 Å². The van der Waals surface area contributed by atoms with Crippen LogP contribution in [-0.4, -0.2) is 48.8 Å². The van der Waals surface area contributed by atoms with Crippen molar-refractivity contribution in [3.8, 4) is 0 Å². The number of aliphatic hydroxyl groups excluding tert-OH is 1. The Kier molecular flexibility index (Phi) is 2.58. The lowest BCUT2D eigenvalue weighted by molar-refractivity contribution is 0.0963. The van der Waals surface area contributed by atoms with Crippen LogP contribution >= 0.6 is 0 Å². The van der Waals surface area contributed by atoms with Crippen molar-refractivity contribution in [2.24, 2.45) is 5.92 Å². The first-order chi connectivity index (χ1) is 6.27. The van der Waals surface area contributed by atoms with Gasteiger partial charge in [-0.2, -0.15) is 0 Å². The molecule has 0 bridgehead atoms. The van der Waals surface area contributed by atoms with Crippen LogP contribution in [0, 0.1) is 5.92 Å². The summed E-state index contributed by atoms with van der Waals surface area (Å²) in [6.07, 6.45) is 3.56. The van der Waals surface area contributed by atoms with Crippen LogP contribution in [0.4, 0.5) is 0 Å². The van der Waals surface area contributed by atoms with Crippen LogP contribution < -0.4 is 5.32 Å². The number of hydrogen-bond acceptors (Lipinski definition) is 3. The number of rotatable bonds is 1. The molecule has 2 aliphatic heterocycles. The van der Waals surface area contributed by atoms with E-state index in [4.69, 9.17) is 0 Å². The molecule has 0 aromatic rings. The maximum Gasteiger partial charge on any atom is 0.0477 e. The fraction of sp³-hybridized carbons (Fsp3) is 1.00. The van der Waals surface area contributed by atoms with Crippen molar-refractivity contribution in [3.63, 3.8) is 0 Å². The Morgan fingerprint density at radius 2 is 2.15 bits per heavy atom. The molecule has 0 radical (unpaired) electrons. The van der Waals surface area contributed by atoms with E-state index >= 15 is 0 Å². The first-order valence-electron chi connectivity index (χ1n) is 5.31. The number of aliphatic hydroxyl groups is 1. The summed E-state index contributed by atoms with van der Waals surface area (Å²) < 4.78 is 0. The van der Waals surface area contributed by atoms with Crippen LogP contribution in [0.1, 0.15) is 19.3 Å². The van der Waals surface area contributed by atoms with Gasteiger partial charge in [-0.3, -0.25) is 0 Å². The fourth-order valence-corrected chi connectivity index (χ4v) is 2.78. The second-order valence-electron chi connectivity index (χ2n) is 4.55. The molecule has 13 heavy (non-hydrogen) atoms. The van der Waals surface area contributed by atoms with E-state index in [1.54, 1.807) is 0 Å². The van der Waals surface area contributed by atoms with Crippen molar-refractivity contribution in [1.82, 2.24) is 10.2 Å². The van der Waals surface area contributed by atoms with E-state index < -0.39 is 0 Å². The van der Waals surface area contributed by atoms with Gasteiger partial charge >= 0.3 is 0 Å². The van der Waals surface area contributed by atoms with Gasteiger partial charge in [0.25, 0.3) is 0 Å². The molecular formula is C10H20N2O. The van der Waals surface area contributed by atoms with Crippen molar-refractivity contribution < 1.29 is 5.11 Å². The molecule has 2 N–H and O–H groups in total. The zero-order valence-corrected chi connectivity index (χ0v) is 8.42. The highest BCUT2D eigenvalue weighted by molar-refractivity contribution is 5.02. The Morgan fingerprint density at radius 1 is 1.46 bits per heavy atom. The van der Waals surface area contributed by atoms with Gasteiger partial charge in [0.15, 0.2) is 0 Å². The zero-order chi connectivity index (χ0) is 9.31. The zero-order valence-electron chi connectivity index (χ0n) is 8.42. The number of hydrogen-bond donors (Lipinski definition) is 2. The van der Waals surface area contributed by atoms with Gasteiger partial charge in [0, 0.05) is 18.1 Å². The summed E-state index contributed by atoms with van der Waals surface area (Å²) in [5.74, 6) is 0.501. The third-order valence-electron chi connectivity index (χ3n) is 3.85. The van der Waals surface area contributed by atoms with Gasteiger partial charge in [-0.1, -0.05) is 0 Å². The van der Waals surface area contributed by atoms with Gasteiger partial charge < -0.3 is 15.3 Å².